The number of para-hydroxylation sites is 1. The van der Waals surface area contributed by atoms with E-state index in [0.29, 0.717) is 0 Å². The lowest BCUT2D eigenvalue weighted by Gasteiger charge is -2.53. The predicted molar refractivity (Wildman–Crippen MR) is 297 cm³/mol. The molecule has 69 heavy (non-hydrogen) atoms. The van der Waals surface area contributed by atoms with Gasteiger partial charge in [-0.2, -0.15) is 0 Å². The molecule has 334 valence electrons. The van der Waals surface area contributed by atoms with Crippen molar-refractivity contribution in [1.29, 1.82) is 0 Å². The summed E-state index contributed by atoms with van der Waals surface area (Å²) in [6, 6.07) is 74.3. The Bertz CT molecular complexity index is 3740. The van der Waals surface area contributed by atoms with E-state index in [-0.39, 0.29) is 16.2 Å². The third kappa shape index (κ3) is 5.20. The average Bonchev–Trinajstić information content (AvgIpc) is 3.97. The number of benzene rings is 9. The zero-order valence-electron chi connectivity index (χ0n) is 40.8. The highest BCUT2D eigenvalue weighted by molar-refractivity contribution is 7.26. The standard InChI is InChI=1S/C66H55NSSi/c1-63(2,3)40-29-33-49-52(35-40)66(53-36-41(64(4,5)6)30-34-50(53)65(49,7)8)51-23-13-14-24-55(51)67(56-39-58-48(38-54(56)66)43-19-9-15-25-57(43)68-58)42-31-32-47-46-22-12-18-28-61(46)69(62(47)37-42)59-26-16-10-20-44(59)45-21-11-17-27-60(45)69/h9-39H,1-8H3. The summed E-state index contributed by atoms with van der Waals surface area (Å²) in [4.78, 5) is 2.66. The van der Waals surface area contributed by atoms with E-state index in [2.05, 4.69) is 248 Å². The van der Waals surface area contributed by atoms with Gasteiger partial charge in [0, 0.05) is 31.3 Å². The van der Waals surface area contributed by atoms with Gasteiger partial charge in [-0.3, -0.25) is 0 Å². The van der Waals surface area contributed by atoms with Gasteiger partial charge in [-0.15, -0.1) is 11.3 Å². The fourth-order valence-electron chi connectivity index (χ4n) is 13.6. The molecule has 0 unspecified atom stereocenters. The van der Waals surface area contributed by atoms with E-state index in [4.69, 9.17) is 0 Å². The molecule has 0 saturated heterocycles. The summed E-state index contributed by atoms with van der Waals surface area (Å²) >= 11 is 1.92. The number of hydrogen-bond donors (Lipinski definition) is 0. The monoisotopic (exact) mass is 921 g/mol. The average molecular weight is 922 g/mol. The van der Waals surface area contributed by atoms with Crippen molar-refractivity contribution in [2.45, 2.75) is 77.0 Å². The fraction of sp³-hybridized carbons (Fsp3) is 0.182. The summed E-state index contributed by atoms with van der Waals surface area (Å²) in [6.45, 7) is 19.2. The molecule has 0 atom stereocenters. The van der Waals surface area contributed by atoms with Crippen LogP contribution in [-0.2, 0) is 21.7 Å². The Morgan fingerprint density at radius 3 is 1.51 bits per heavy atom. The maximum Gasteiger partial charge on any atom is 0.182 e. The smallest absolute Gasteiger partial charge is 0.182 e. The van der Waals surface area contributed by atoms with Gasteiger partial charge in [0.1, 0.15) is 0 Å². The molecule has 3 heteroatoms. The minimum absolute atomic E-state index is 0.0518. The second kappa shape index (κ2) is 13.7. The summed E-state index contributed by atoms with van der Waals surface area (Å²) < 4.78 is 2.64. The van der Waals surface area contributed by atoms with Gasteiger partial charge in [0.15, 0.2) is 8.07 Å². The summed E-state index contributed by atoms with van der Waals surface area (Å²) in [5.41, 5.74) is 19.3. The molecule has 0 saturated carbocycles. The van der Waals surface area contributed by atoms with Crippen molar-refractivity contribution in [2.75, 3.05) is 4.90 Å². The molecular formula is C66H55NSSi. The number of thiophene rings is 1. The van der Waals surface area contributed by atoms with Gasteiger partial charge >= 0.3 is 0 Å². The van der Waals surface area contributed by atoms with Crippen LogP contribution in [0.15, 0.2) is 188 Å². The lowest BCUT2D eigenvalue weighted by atomic mass is 9.52. The first-order chi connectivity index (χ1) is 33.2. The molecule has 0 fully saturated rings. The van der Waals surface area contributed by atoms with Crippen LogP contribution in [0.4, 0.5) is 17.1 Å². The number of nitrogens with zero attached hydrogens (tertiary/aromatic N) is 1. The SMILES string of the molecule is CC(C)(C)c1ccc2c(c1)C1(c3ccccc3N(c3ccc4c(c3)[Si]3(c5ccccc5-c5ccccc53)c3ccccc3-4)c3cc4sc5ccccc5c4cc31)c1cc(C(C)(C)C)ccc1C2(C)C. The first-order valence-corrected chi connectivity index (χ1v) is 27.7. The van der Waals surface area contributed by atoms with Crippen molar-refractivity contribution >= 4 is 77.4 Å². The molecule has 1 aliphatic carbocycles. The van der Waals surface area contributed by atoms with Gasteiger partial charge < -0.3 is 4.90 Å². The summed E-state index contributed by atoms with van der Waals surface area (Å²) in [7, 11) is -2.72. The van der Waals surface area contributed by atoms with Crippen LogP contribution < -0.4 is 25.6 Å². The van der Waals surface area contributed by atoms with Crippen molar-refractivity contribution in [3.63, 3.8) is 0 Å². The molecule has 4 aliphatic rings. The van der Waals surface area contributed by atoms with E-state index in [0.717, 1.165) is 0 Å². The Morgan fingerprint density at radius 1 is 0.391 bits per heavy atom. The molecule has 2 spiro atoms. The van der Waals surface area contributed by atoms with Crippen LogP contribution in [0, 0.1) is 0 Å². The first-order valence-electron chi connectivity index (χ1n) is 24.8. The molecule has 4 heterocycles. The van der Waals surface area contributed by atoms with Crippen LogP contribution in [0.5, 0.6) is 0 Å². The number of anilines is 3. The normalized spacial score (nSPS) is 16.1. The summed E-state index contributed by atoms with van der Waals surface area (Å²) in [6.07, 6.45) is 0. The fourth-order valence-corrected chi connectivity index (χ4v) is 20.4. The van der Waals surface area contributed by atoms with Crippen molar-refractivity contribution in [2.24, 2.45) is 0 Å². The zero-order chi connectivity index (χ0) is 47.0. The highest BCUT2D eigenvalue weighted by Gasteiger charge is 2.56. The topological polar surface area (TPSA) is 3.24 Å². The number of fused-ring (bicyclic) bond motifs is 21. The van der Waals surface area contributed by atoms with Gasteiger partial charge in [0.2, 0.25) is 0 Å². The number of hydrogen-bond acceptors (Lipinski definition) is 2. The summed E-state index contributed by atoms with van der Waals surface area (Å²) in [5, 5.41) is 8.65. The van der Waals surface area contributed by atoms with Crippen LogP contribution in [-0.4, -0.2) is 8.07 Å². The predicted octanol–water partition coefficient (Wildman–Crippen LogP) is 14.8. The van der Waals surface area contributed by atoms with Crippen molar-refractivity contribution in [3.8, 4) is 22.3 Å². The molecular weight excluding hydrogens is 867 g/mol. The van der Waals surface area contributed by atoms with E-state index < -0.39 is 13.5 Å². The molecule has 1 nitrogen and oxygen atoms in total. The van der Waals surface area contributed by atoms with E-state index >= 15 is 0 Å². The van der Waals surface area contributed by atoms with Gasteiger partial charge in [-0.25, -0.2) is 0 Å². The second-order valence-corrected chi connectivity index (χ2v) is 27.6. The van der Waals surface area contributed by atoms with Crippen LogP contribution in [0.25, 0.3) is 42.4 Å². The number of rotatable bonds is 1. The molecule has 9 aromatic carbocycles. The van der Waals surface area contributed by atoms with E-state index in [1.54, 1.807) is 0 Å². The quantitative estimate of drug-likeness (QED) is 0.148. The molecule has 0 radical (unpaired) electrons. The lowest BCUT2D eigenvalue weighted by molar-refractivity contribution is 0.539. The molecule has 14 rings (SSSR count). The zero-order valence-corrected chi connectivity index (χ0v) is 42.6. The van der Waals surface area contributed by atoms with Crippen LogP contribution in [0.3, 0.4) is 0 Å². The van der Waals surface area contributed by atoms with E-state index in [1.165, 1.54) is 125 Å². The lowest BCUT2D eigenvalue weighted by Crippen LogP contribution is -2.70. The van der Waals surface area contributed by atoms with Gasteiger partial charge in [0.25, 0.3) is 0 Å². The van der Waals surface area contributed by atoms with Crippen molar-refractivity contribution in [1.82, 2.24) is 0 Å². The van der Waals surface area contributed by atoms with E-state index in [1.807, 2.05) is 11.3 Å². The molecule has 0 bridgehead atoms. The largest absolute Gasteiger partial charge is 0.310 e. The highest BCUT2D eigenvalue weighted by atomic mass is 32.1. The summed E-state index contributed by atoms with van der Waals surface area (Å²) in [5.74, 6) is 0. The van der Waals surface area contributed by atoms with E-state index in [9.17, 15) is 0 Å². The maximum atomic E-state index is 2.66. The Morgan fingerprint density at radius 2 is 0.913 bits per heavy atom. The van der Waals surface area contributed by atoms with Crippen molar-refractivity contribution < 1.29 is 0 Å². The maximum absolute atomic E-state index is 2.72. The third-order valence-electron chi connectivity index (χ3n) is 16.9. The van der Waals surface area contributed by atoms with Crippen LogP contribution in [0.1, 0.15) is 99.9 Å². The van der Waals surface area contributed by atoms with Gasteiger partial charge in [0.05, 0.1) is 16.8 Å². The highest BCUT2D eigenvalue weighted by Crippen LogP contribution is 2.64. The second-order valence-electron chi connectivity index (χ2n) is 22.8. The van der Waals surface area contributed by atoms with Crippen molar-refractivity contribution in [3.05, 3.63) is 233 Å². The van der Waals surface area contributed by atoms with Crippen LogP contribution >= 0.6 is 11.3 Å². The molecule has 0 amide bonds. The Hall–Kier alpha value is -6.78. The van der Waals surface area contributed by atoms with Gasteiger partial charge in [-0.05, 0) is 135 Å². The Kier molecular flexibility index (Phi) is 8.19. The molecule has 3 aliphatic heterocycles. The minimum Gasteiger partial charge on any atom is -0.310 e. The minimum atomic E-state index is -2.72. The Balaban J connectivity index is 1.14. The molecule has 1 aromatic heterocycles. The Labute approximate surface area is 411 Å². The molecule has 10 aromatic rings. The molecule has 0 N–H and O–H groups in total. The van der Waals surface area contributed by atoms with Crippen LogP contribution in [0.2, 0.25) is 0 Å². The first kappa shape index (κ1) is 41.2. The third-order valence-corrected chi connectivity index (χ3v) is 22.9. The van der Waals surface area contributed by atoms with Gasteiger partial charge in [-0.1, -0.05) is 207 Å².